The number of hydrogen-bond donors (Lipinski definition) is 2. The molecule has 0 unspecified atom stereocenters. The Hall–Kier alpha value is -3.31. The fraction of sp³-hybridized carbons (Fsp3) is 0.286. The molecule has 0 radical (unpaired) electrons. The van der Waals surface area contributed by atoms with Crippen LogP contribution in [0.1, 0.15) is 16.1 Å². The molecule has 1 fully saturated rings. The quantitative estimate of drug-likeness (QED) is 0.594. The molecule has 4 rings (SSSR count). The fourth-order valence-electron chi connectivity index (χ4n) is 3.79. The number of fused-ring (bicyclic) bond motifs is 1. The number of ether oxygens (including phenoxy) is 1. The maximum absolute atomic E-state index is 15.0. The third-order valence-corrected chi connectivity index (χ3v) is 5.65. The minimum absolute atomic E-state index is 0.0126. The normalized spacial score (nSPS) is 16.3. The van der Waals surface area contributed by atoms with Crippen LogP contribution in [-0.2, 0) is 11.2 Å². The molecular weight excluding hydrogens is 465 g/mol. The topological polar surface area (TPSA) is 96.2 Å². The van der Waals surface area contributed by atoms with E-state index in [2.05, 4.69) is 10.3 Å². The first-order valence-electron chi connectivity index (χ1n) is 9.86. The fourth-order valence-corrected chi connectivity index (χ4v) is 3.94. The van der Waals surface area contributed by atoms with E-state index in [1.807, 2.05) is 0 Å². The average molecular weight is 483 g/mol. The van der Waals surface area contributed by atoms with Crippen molar-refractivity contribution < 1.29 is 32.6 Å². The molecule has 0 aliphatic carbocycles. The Morgan fingerprint density at radius 3 is 2.58 bits per heavy atom. The second-order valence-electron chi connectivity index (χ2n) is 7.42. The summed E-state index contributed by atoms with van der Waals surface area (Å²) in [6.45, 7) is 0.325. The Morgan fingerprint density at radius 1 is 1.24 bits per heavy atom. The van der Waals surface area contributed by atoms with Gasteiger partial charge in [-0.05, 0) is 12.1 Å². The molecule has 1 saturated heterocycles. The molecule has 2 N–H and O–H groups in total. The SMILES string of the molecule is CNC(=O)c1cc(F)c(-c2nc3cc(Cl)c(F)cn3c2C[C@H]2CN(C(=O)O)CCO2)c(F)c1. The number of carbonyl (C=O) groups is 2. The molecule has 174 valence electrons. The van der Waals surface area contributed by atoms with Crippen LogP contribution in [0.2, 0.25) is 5.02 Å². The number of morpholine rings is 1. The van der Waals surface area contributed by atoms with Crippen molar-refractivity contribution in [1.82, 2.24) is 19.6 Å². The van der Waals surface area contributed by atoms with Gasteiger partial charge in [0, 0.05) is 37.8 Å². The van der Waals surface area contributed by atoms with E-state index in [-0.39, 0.29) is 53.7 Å². The van der Waals surface area contributed by atoms with Crippen LogP contribution in [0, 0.1) is 17.5 Å². The van der Waals surface area contributed by atoms with Gasteiger partial charge in [-0.1, -0.05) is 11.6 Å². The summed E-state index contributed by atoms with van der Waals surface area (Å²) in [5.41, 5.74) is -0.534. The van der Waals surface area contributed by atoms with Crippen molar-refractivity contribution in [2.24, 2.45) is 0 Å². The summed E-state index contributed by atoms with van der Waals surface area (Å²) in [4.78, 5) is 28.6. The number of amides is 2. The van der Waals surface area contributed by atoms with E-state index in [0.717, 1.165) is 23.2 Å². The zero-order valence-electron chi connectivity index (χ0n) is 17.2. The number of carboxylic acid groups (broad SMARTS) is 1. The number of benzene rings is 1. The van der Waals surface area contributed by atoms with Gasteiger partial charge in [-0.15, -0.1) is 0 Å². The van der Waals surface area contributed by atoms with Crippen LogP contribution in [0.15, 0.2) is 24.4 Å². The lowest BCUT2D eigenvalue weighted by Gasteiger charge is -2.31. The van der Waals surface area contributed by atoms with Crippen molar-refractivity contribution in [1.29, 1.82) is 0 Å². The zero-order chi connectivity index (χ0) is 23.9. The summed E-state index contributed by atoms with van der Waals surface area (Å²) >= 11 is 5.86. The van der Waals surface area contributed by atoms with Crippen molar-refractivity contribution in [3.8, 4) is 11.3 Å². The molecule has 2 aromatic heterocycles. The van der Waals surface area contributed by atoms with Crippen molar-refractivity contribution in [2.75, 3.05) is 26.7 Å². The van der Waals surface area contributed by atoms with E-state index in [1.165, 1.54) is 17.5 Å². The monoisotopic (exact) mass is 482 g/mol. The second kappa shape index (κ2) is 8.91. The van der Waals surface area contributed by atoms with E-state index in [0.29, 0.717) is 0 Å². The summed E-state index contributed by atoms with van der Waals surface area (Å²) in [6, 6.07) is 2.97. The van der Waals surface area contributed by atoms with Crippen LogP contribution in [0.3, 0.4) is 0 Å². The molecule has 12 heteroatoms. The molecule has 3 aromatic rings. The number of rotatable bonds is 4. The highest BCUT2D eigenvalue weighted by Crippen LogP contribution is 2.33. The van der Waals surface area contributed by atoms with Crippen molar-refractivity contribution in [2.45, 2.75) is 12.5 Å². The van der Waals surface area contributed by atoms with Crippen molar-refractivity contribution in [3.63, 3.8) is 0 Å². The maximum atomic E-state index is 15.0. The molecule has 33 heavy (non-hydrogen) atoms. The van der Waals surface area contributed by atoms with Crippen LogP contribution < -0.4 is 5.32 Å². The summed E-state index contributed by atoms with van der Waals surface area (Å²) in [5.74, 6) is -3.53. The lowest BCUT2D eigenvalue weighted by molar-refractivity contribution is -0.0214. The summed E-state index contributed by atoms with van der Waals surface area (Å²) in [6.07, 6.45) is -0.766. The lowest BCUT2D eigenvalue weighted by atomic mass is 10.0. The molecule has 8 nitrogen and oxygen atoms in total. The van der Waals surface area contributed by atoms with E-state index in [9.17, 15) is 19.1 Å². The lowest BCUT2D eigenvalue weighted by Crippen LogP contribution is -2.45. The van der Waals surface area contributed by atoms with Gasteiger partial charge in [-0.25, -0.2) is 22.9 Å². The Kier molecular flexibility index (Phi) is 6.17. The smallest absolute Gasteiger partial charge is 0.407 e. The van der Waals surface area contributed by atoms with Gasteiger partial charge >= 0.3 is 6.09 Å². The number of nitrogens with zero attached hydrogens (tertiary/aromatic N) is 3. The van der Waals surface area contributed by atoms with Crippen LogP contribution in [0.5, 0.6) is 0 Å². The minimum atomic E-state index is -1.12. The highest BCUT2D eigenvalue weighted by molar-refractivity contribution is 6.31. The second-order valence-corrected chi connectivity index (χ2v) is 7.83. The van der Waals surface area contributed by atoms with E-state index < -0.39 is 41.1 Å². The summed E-state index contributed by atoms with van der Waals surface area (Å²) in [7, 11) is 1.33. The highest BCUT2D eigenvalue weighted by Gasteiger charge is 2.29. The van der Waals surface area contributed by atoms with Gasteiger partial charge in [0.1, 0.15) is 17.3 Å². The molecule has 0 spiro atoms. The maximum Gasteiger partial charge on any atom is 0.407 e. The molecule has 3 heterocycles. The molecule has 0 saturated carbocycles. The van der Waals surface area contributed by atoms with Crippen molar-refractivity contribution in [3.05, 3.63) is 58.1 Å². The number of imidazole rings is 1. The minimum Gasteiger partial charge on any atom is -0.465 e. The Balaban J connectivity index is 1.85. The van der Waals surface area contributed by atoms with E-state index >= 15 is 8.78 Å². The summed E-state index contributed by atoms with van der Waals surface area (Å²) in [5, 5.41) is 11.3. The Morgan fingerprint density at radius 2 is 1.94 bits per heavy atom. The van der Waals surface area contributed by atoms with Crippen LogP contribution >= 0.6 is 11.6 Å². The first-order chi connectivity index (χ1) is 15.7. The van der Waals surface area contributed by atoms with Gasteiger partial charge in [0.15, 0.2) is 5.82 Å². The van der Waals surface area contributed by atoms with Gasteiger partial charge in [0.25, 0.3) is 5.91 Å². The van der Waals surface area contributed by atoms with Gasteiger partial charge in [-0.2, -0.15) is 0 Å². The number of halogens is 4. The van der Waals surface area contributed by atoms with Gasteiger partial charge in [0.2, 0.25) is 0 Å². The molecule has 2 amide bonds. The number of pyridine rings is 1. The molecule has 1 aliphatic rings. The number of aromatic nitrogens is 2. The highest BCUT2D eigenvalue weighted by atomic mass is 35.5. The average Bonchev–Trinajstić information content (AvgIpc) is 3.09. The first-order valence-corrected chi connectivity index (χ1v) is 10.2. The van der Waals surface area contributed by atoms with Gasteiger partial charge in [0.05, 0.1) is 41.2 Å². The predicted octanol–water partition coefficient (Wildman–Crippen LogP) is 3.35. The predicted molar refractivity (Wildman–Crippen MR) is 112 cm³/mol. The van der Waals surface area contributed by atoms with Crippen molar-refractivity contribution >= 4 is 29.2 Å². The Labute approximate surface area is 190 Å². The first kappa shape index (κ1) is 22.9. The third-order valence-electron chi connectivity index (χ3n) is 5.36. The van der Waals surface area contributed by atoms with Crippen LogP contribution in [0.25, 0.3) is 16.9 Å². The molecule has 0 bridgehead atoms. The molecular formula is C21H18ClF3N4O4. The largest absolute Gasteiger partial charge is 0.465 e. The van der Waals surface area contributed by atoms with Gasteiger partial charge in [-0.3, -0.25) is 4.79 Å². The summed E-state index contributed by atoms with van der Waals surface area (Å²) < 4.78 is 51.2. The molecule has 1 atom stereocenters. The number of hydrogen-bond acceptors (Lipinski definition) is 4. The van der Waals surface area contributed by atoms with Crippen LogP contribution in [-0.4, -0.2) is 64.2 Å². The van der Waals surface area contributed by atoms with E-state index in [4.69, 9.17) is 16.3 Å². The number of nitrogens with one attached hydrogen (secondary N) is 1. The third kappa shape index (κ3) is 4.33. The molecule has 1 aromatic carbocycles. The van der Waals surface area contributed by atoms with Crippen LogP contribution in [0.4, 0.5) is 18.0 Å². The van der Waals surface area contributed by atoms with Gasteiger partial charge < -0.3 is 24.5 Å². The molecule has 1 aliphatic heterocycles. The zero-order valence-corrected chi connectivity index (χ0v) is 18.0. The standard InChI is InChI=1S/C21H18ClF3N4O4/c1-26-20(30)10-4-13(23)18(14(24)5-10)19-16(6-11-8-28(21(31)32)2-3-33-11)29-9-15(25)12(22)7-17(29)27-19/h4-5,7,9,11H,2-3,6,8H2,1H3,(H,26,30)(H,31,32)/t11-/m0/s1. The van der Waals surface area contributed by atoms with E-state index in [1.54, 1.807) is 0 Å². The Bertz CT molecular complexity index is 1240. The number of carbonyl (C=O) groups excluding carboxylic acids is 1.